The minimum absolute atomic E-state index is 0.0214. The summed E-state index contributed by atoms with van der Waals surface area (Å²) in [6.45, 7) is 0.737. The van der Waals surface area contributed by atoms with Crippen LogP contribution in [0.4, 0.5) is 0 Å². The Morgan fingerprint density at radius 2 is 2.04 bits per heavy atom. The van der Waals surface area contributed by atoms with Crippen molar-refractivity contribution in [1.29, 1.82) is 0 Å². The summed E-state index contributed by atoms with van der Waals surface area (Å²) < 4.78 is 5.41. The van der Waals surface area contributed by atoms with Gasteiger partial charge in [-0.25, -0.2) is 4.98 Å². The monoisotopic (exact) mass is 406 g/mol. The van der Waals surface area contributed by atoms with Gasteiger partial charge in [0.05, 0.1) is 24.4 Å². The van der Waals surface area contributed by atoms with Gasteiger partial charge >= 0.3 is 0 Å². The molecule has 4 nitrogen and oxygen atoms in total. The van der Waals surface area contributed by atoms with E-state index in [-0.39, 0.29) is 11.9 Å². The van der Waals surface area contributed by atoms with Crippen molar-refractivity contribution in [1.82, 2.24) is 9.88 Å². The molecule has 4 heterocycles. The number of fused-ring (bicyclic) bond motifs is 1. The largest absolute Gasteiger partial charge is 0.462 e. The first kappa shape index (κ1) is 17.4. The average molecular weight is 407 g/mol. The maximum atomic E-state index is 13.2. The van der Waals surface area contributed by atoms with Gasteiger partial charge in [0, 0.05) is 16.8 Å². The first-order valence-corrected chi connectivity index (χ1v) is 10.9. The molecule has 28 heavy (non-hydrogen) atoms. The SMILES string of the molecule is O=C(Cc1csc(-c2ccco2)n1)N1CCc2sccc2C1c1ccccc1. The van der Waals surface area contributed by atoms with Crippen molar-refractivity contribution >= 4 is 28.6 Å². The molecule has 1 aliphatic rings. The number of nitrogens with zero attached hydrogens (tertiary/aromatic N) is 2. The lowest BCUT2D eigenvalue weighted by atomic mass is 9.93. The van der Waals surface area contributed by atoms with Gasteiger partial charge in [-0.3, -0.25) is 4.79 Å². The molecule has 1 unspecified atom stereocenters. The lowest BCUT2D eigenvalue weighted by molar-refractivity contribution is -0.132. The third-order valence-corrected chi connectivity index (χ3v) is 6.92. The molecule has 0 fully saturated rings. The number of hydrogen-bond donors (Lipinski definition) is 0. The van der Waals surface area contributed by atoms with E-state index >= 15 is 0 Å². The summed E-state index contributed by atoms with van der Waals surface area (Å²) in [6, 6.07) is 16.2. The molecular formula is C22H18N2O2S2. The maximum Gasteiger partial charge on any atom is 0.229 e. The van der Waals surface area contributed by atoms with E-state index in [0.717, 1.165) is 35.0 Å². The molecule has 1 aromatic carbocycles. The molecule has 0 aliphatic carbocycles. The number of furan rings is 1. The average Bonchev–Trinajstić information content (AvgIpc) is 3.48. The van der Waals surface area contributed by atoms with Gasteiger partial charge in [0.15, 0.2) is 10.8 Å². The third kappa shape index (κ3) is 3.19. The fourth-order valence-corrected chi connectivity index (χ4v) is 5.43. The van der Waals surface area contributed by atoms with E-state index in [1.807, 2.05) is 40.6 Å². The predicted octanol–water partition coefficient (Wildman–Crippen LogP) is 5.18. The van der Waals surface area contributed by atoms with Crippen LogP contribution in [0, 0.1) is 0 Å². The summed E-state index contributed by atoms with van der Waals surface area (Å²) in [5.41, 5.74) is 3.21. The van der Waals surface area contributed by atoms with Crippen LogP contribution in [0.1, 0.15) is 27.7 Å². The Hall–Kier alpha value is -2.70. The highest BCUT2D eigenvalue weighted by molar-refractivity contribution is 7.13. The summed E-state index contributed by atoms with van der Waals surface area (Å²) >= 11 is 3.29. The fourth-order valence-electron chi connectivity index (χ4n) is 3.74. The number of aromatic nitrogens is 1. The van der Waals surface area contributed by atoms with Crippen LogP contribution in [0.2, 0.25) is 0 Å². The first-order valence-electron chi connectivity index (χ1n) is 9.18. The van der Waals surface area contributed by atoms with Crippen LogP contribution in [0.25, 0.3) is 10.8 Å². The number of hydrogen-bond acceptors (Lipinski definition) is 5. The minimum Gasteiger partial charge on any atom is -0.462 e. The molecule has 4 aromatic rings. The maximum absolute atomic E-state index is 13.2. The summed E-state index contributed by atoms with van der Waals surface area (Å²) in [4.78, 5) is 21.2. The molecule has 140 valence electrons. The lowest BCUT2D eigenvalue weighted by Gasteiger charge is -2.36. The van der Waals surface area contributed by atoms with Crippen molar-refractivity contribution in [3.8, 4) is 10.8 Å². The molecule has 0 saturated carbocycles. The second kappa shape index (κ2) is 7.37. The highest BCUT2D eigenvalue weighted by atomic mass is 32.1. The zero-order chi connectivity index (χ0) is 18.9. The number of amides is 1. The molecule has 1 atom stereocenters. The van der Waals surface area contributed by atoms with Crippen LogP contribution >= 0.6 is 22.7 Å². The highest BCUT2D eigenvalue weighted by Gasteiger charge is 2.32. The molecule has 5 rings (SSSR count). The van der Waals surface area contributed by atoms with Crippen LogP contribution in [0.5, 0.6) is 0 Å². The summed E-state index contributed by atoms with van der Waals surface area (Å²) in [5, 5.41) is 4.89. The molecule has 6 heteroatoms. The predicted molar refractivity (Wildman–Crippen MR) is 112 cm³/mol. The van der Waals surface area contributed by atoms with Crippen molar-refractivity contribution in [2.75, 3.05) is 6.54 Å². The van der Waals surface area contributed by atoms with E-state index in [9.17, 15) is 4.79 Å². The van der Waals surface area contributed by atoms with Gasteiger partial charge in [0.2, 0.25) is 5.91 Å². The van der Waals surface area contributed by atoms with E-state index < -0.39 is 0 Å². The fraction of sp³-hybridized carbons (Fsp3) is 0.182. The number of carbonyl (C=O) groups is 1. The molecule has 0 spiro atoms. The number of benzene rings is 1. The van der Waals surface area contributed by atoms with Gasteiger partial charge in [-0.05, 0) is 41.1 Å². The molecule has 3 aromatic heterocycles. The number of carbonyl (C=O) groups excluding carboxylic acids is 1. The normalized spacial score (nSPS) is 16.1. The quantitative estimate of drug-likeness (QED) is 0.469. The summed E-state index contributed by atoms with van der Waals surface area (Å²) in [6.07, 6.45) is 2.86. The van der Waals surface area contributed by atoms with Gasteiger partial charge in [-0.1, -0.05) is 30.3 Å². The molecular weight excluding hydrogens is 388 g/mol. The molecule has 1 aliphatic heterocycles. The highest BCUT2D eigenvalue weighted by Crippen LogP contribution is 2.38. The third-order valence-electron chi connectivity index (χ3n) is 5.02. The summed E-state index contributed by atoms with van der Waals surface area (Å²) in [7, 11) is 0. The summed E-state index contributed by atoms with van der Waals surface area (Å²) in [5.74, 6) is 0.855. The van der Waals surface area contributed by atoms with Crippen LogP contribution in [-0.2, 0) is 17.6 Å². The van der Waals surface area contributed by atoms with Gasteiger partial charge in [-0.2, -0.15) is 0 Å². The standard InChI is InChI=1S/C22H18N2O2S2/c25-20(13-16-14-28-22(23-16)18-7-4-11-26-18)24-10-8-19-17(9-12-27-19)21(24)15-5-2-1-3-6-15/h1-7,9,11-12,14,21H,8,10,13H2. The van der Waals surface area contributed by atoms with Crippen LogP contribution < -0.4 is 0 Å². The Balaban J connectivity index is 1.42. The van der Waals surface area contributed by atoms with Crippen molar-refractivity contribution in [3.05, 3.63) is 87.3 Å². The topological polar surface area (TPSA) is 46.3 Å². The Kier molecular flexibility index (Phi) is 4.58. The first-order chi connectivity index (χ1) is 13.8. The van der Waals surface area contributed by atoms with Crippen molar-refractivity contribution in [3.63, 3.8) is 0 Å². The number of thiophene rings is 1. The van der Waals surface area contributed by atoms with Gasteiger partial charge in [0.1, 0.15) is 0 Å². The van der Waals surface area contributed by atoms with E-state index in [2.05, 4.69) is 28.6 Å². The van der Waals surface area contributed by atoms with Crippen LogP contribution in [-0.4, -0.2) is 22.3 Å². The Morgan fingerprint density at radius 1 is 1.14 bits per heavy atom. The van der Waals surface area contributed by atoms with Gasteiger partial charge < -0.3 is 9.32 Å². The van der Waals surface area contributed by atoms with Crippen molar-refractivity contribution in [2.45, 2.75) is 18.9 Å². The van der Waals surface area contributed by atoms with Gasteiger partial charge in [-0.15, -0.1) is 22.7 Å². The Morgan fingerprint density at radius 3 is 2.86 bits per heavy atom. The molecule has 0 saturated heterocycles. The molecule has 0 N–H and O–H groups in total. The Bertz CT molecular complexity index is 1080. The lowest BCUT2D eigenvalue weighted by Crippen LogP contribution is -2.40. The van der Waals surface area contributed by atoms with E-state index in [1.165, 1.54) is 21.8 Å². The second-order valence-corrected chi connectivity index (χ2v) is 8.61. The minimum atomic E-state index is -0.0214. The van der Waals surface area contributed by atoms with E-state index in [0.29, 0.717) is 6.42 Å². The molecule has 1 amide bonds. The number of thiazole rings is 1. The molecule has 0 radical (unpaired) electrons. The Labute approximate surface area is 171 Å². The smallest absolute Gasteiger partial charge is 0.229 e. The second-order valence-electron chi connectivity index (χ2n) is 6.75. The van der Waals surface area contributed by atoms with E-state index in [4.69, 9.17) is 4.42 Å². The molecule has 0 bridgehead atoms. The zero-order valence-electron chi connectivity index (χ0n) is 15.1. The van der Waals surface area contributed by atoms with Crippen LogP contribution in [0.15, 0.2) is 70.0 Å². The van der Waals surface area contributed by atoms with Crippen LogP contribution in [0.3, 0.4) is 0 Å². The van der Waals surface area contributed by atoms with E-state index in [1.54, 1.807) is 17.6 Å². The van der Waals surface area contributed by atoms with Gasteiger partial charge in [0.25, 0.3) is 0 Å². The van der Waals surface area contributed by atoms with Crippen molar-refractivity contribution < 1.29 is 9.21 Å². The number of rotatable bonds is 4. The zero-order valence-corrected chi connectivity index (χ0v) is 16.7. The van der Waals surface area contributed by atoms with Crippen molar-refractivity contribution in [2.24, 2.45) is 0 Å².